The summed E-state index contributed by atoms with van der Waals surface area (Å²) in [4.78, 5) is 26.0. The van der Waals surface area contributed by atoms with Crippen LogP contribution in [0.3, 0.4) is 0 Å². The zero-order valence-electron chi connectivity index (χ0n) is 15.8. The van der Waals surface area contributed by atoms with E-state index in [4.69, 9.17) is 14.2 Å². The average molecular weight is 411 g/mol. The number of benzene rings is 1. The van der Waals surface area contributed by atoms with Gasteiger partial charge in [-0.05, 0) is 50.5 Å². The van der Waals surface area contributed by atoms with Gasteiger partial charge in [-0.25, -0.2) is 13.2 Å². The molecule has 0 unspecified atom stereocenters. The summed E-state index contributed by atoms with van der Waals surface area (Å²) in [5.74, 6) is 0.282. The summed E-state index contributed by atoms with van der Waals surface area (Å²) in [6.45, 7) is 1.73. The van der Waals surface area contributed by atoms with Crippen molar-refractivity contribution in [3.8, 4) is 11.5 Å². The third kappa shape index (κ3) is 5.60. The van der Waals surface area contributed by atoms with Crippen molar-refractivity contribution in [2.75, 3.05) is 31.3 Å². The van der Waals surface area contributed by atoms with Gasteiger partial charge in [-0.15, -0.1) is 0 Å². The van der Waals surface area contributed by atoms with Gasteiger partial charge >= 0.3 is 5.97 Å². The van der Waals surface area contributed by atoms with Crippen LogP contribution in [0.5, 0.6) is 11.5 Å². The number of hydrogen-bond acceptors (Lipinski definition) is 7. The minimum atomic E-state index is -3.09. The van der Waals surface area contributed by atoms with E-state index in [1.807, 2.05) is 6.92 Å². The van der Waals surface area contributed by atoms with Crippen LogP contribution in [-0.4, -0.2) is 68.6 Å². The number of sulfone groups is 1. The first kappa shape index (κ1) is 20.4. The predicted octanol–water partition coefficient (Wildman–Crippen LogP) is 1.19. The molecule has 28 heavy (non-hydrogen) atoms. The molecular weight excluding hydrogens is 386 g/mol. The standard InChI is InChI=1S/C19H25NO7S/c1-2-25-16-5-7-17(8-6-16)26-12-19(22)27-11-18(21)20(14-3-4-14)15-9-10-28(23,24)13-15/h5-8,14-15H,2-4,9-13H2,1H3/t15-/m1/s1. The Labute approximate surface area is 164 Å². The molecule has 0 radical (unpaired) electrons. The minimum absolute atomic E-state index is 0.00988. The molecule has 1 aromatic carbocycles. The summed E-state index contributed by atoms with van der Waals surface area (Å²) in [5, 5.41) is 0. The highest BCUT2D eigenvalue weighted by atomic mass is 32.2. The summed E-state index contributed by atoms with van der Waals surface area (Å²) < 4.78 is 39.1. The molecular formula is C19H25NO7S. The molecule has 1 saturated heterocycles. The van der Waals surface area contributed by atoms with Gasteiger partial charge in [-0.2, -0.15) is 0 Å². The summed E-state index contributed by atoms with van der Waals surface area (Å²) in [6.07, 6.45) is 2.16. The van der Waals surface area contributed by atoms with E-state index in [0.717, 1.165) is 12.8 Å². The zero-order chi connectivity index (χ0) is 20.1. The Hall–Kier alpha value is -2.29. The second kappa shape index (κ2) is 8.81. The summed E-state index contributed by atoms with van der Waals surface area (Å²) in [5.41, 5.74) is 0. The Morgan fingerprint density at radius 2 is 1.64 bits per heavy atom. The maximum absolute atomic E-state index is 12.5. The quantitative estimate of drug-likeness (QED) is 0.563. The largest absolute Gasteiger partial charge is 0.494 e. The number of carbonyl (C=O) groups excluding carboxylic acids is 2. The van der Waals surface area contributed by atoms with Crippen molar-refractivity contribution < 1.29 is 32.2 Å². The molecule has 0 spiro atoms. The number of carbonyl (C=O) groups is 2. The second-order valence-electron chi connectivity index (χ2n) is 6.94. The monoisotopic (exact) mass is 411 g/mol. The van der Waals surface area contributed by atoms with Crippen molar-refractivity contribution in [1.82, 2.24) is 4.90 Å². The first-order valence-electron chi connectivity index (χ1n) is 9.41. The molecule has 1 aliphatic heterocycles. The SMILES string of the molecule is CCOc1ccc(OCC(=O)OCC(=O)N(C2CC2)[C@@H]2CCS(=O)(=O)C2)cc1. The van der Waals surface area contributed by atoms with Gasteiger partial charge in [0.2, 0.25) is 0 Å². The average Bonchev–Trinajstić information content (AvgIpc) is 3.42. The van der Waals surface area contributed by atoms with Crippen molar-refractivity contribution in [3.05, 3.63) is 24.3 Å². The van der Waals surface area contributed by atoms with Gasteiger partial charge in [0, 0.05) is 12.1 Å². The van der Waals surface area contributed by atoms with Crippen molar-refractivity contribution in [2.24, 2.45) is 0 Å². The van der Waals surface area contributed by atoms with Crippen LogP contribution in [0.1, 0.15) is 26.2 Å². The molecule has 1 aliphatic carbocycles. The molecule has 1 saturated carbocycles. The van der Waals surface area contributed by atoms with Crippen LogP contribution in [0.25, 0.3) is 0 Å². The molecule has 2 fully saturated rings. The van der Waals surface area contributed by atoms with Crippen molar-refractivity contribution in [2.45, 2.75) is 38.3 Å². The van der Waals surface area contributed by atoms with Crippen LogP contribution in [0.2, 0.25) is 0 Å². The van der Waals surface area contributed by atoms with Crippen LogP contribution in [0.4, 0.5) is 0 Å². The third-order valence-electron chi connectivity index (χ3n) is 4.68. The first-order valence-corrected chi connectivity index (χ1v) is 11.2. The van der Waals surface area contributed by atoms with Crippen molar-refractivity contribution in [3.63, 3.8) is 0 Å². The topological polar surface area (TPSA) is 99.2 Å². The Kier molecular flexibility index (Phi) is 6.43. The number of amides is 1. The number of rotatable bonds is 9. The lowest BCUT2D eigenvalue weighted by Crippen LogP contribution is -2.45. The minimum Gasteiger partial charge on any atom is -0.494 e. The lowest BCUT2D eigenvalue weighted by molar-refractivity contribution is -0.154. The van der Waals surface area contributed by atoms with E-state index < -0.39 is 22.4 Å². The van der Waals surface area contributed by atoms with E-state index >= 15 is 0 Å². The van der Waals surface area contributed by atoms with E-state index in [-0.39, 0.29) is 36.1 Å². The maximum atomic E-state index is 12.5. The van der Waals surface area contributed by atoms with Gasteiger partial charge < -0.3 is 19.1 Å². The van der Waals surface area contributed by atoms with Crippen molar-refractivity contribution >= 4 is 21.7 Å². The molecule has 8 nitrogen and oxygen atoms in total. The third-order valence-corrected chi connectivity index (χ3v) is 6.43. The second-order valence-corrected chi connectivity index (χ2v) is 9.17. The molecule has 1 amide bonds. The highest BCUT2D eigenvalue weighted by Gasteiger charge is 2.42. The lowest BCUT2D eigenvalue weighted by Gasteiger charge is -2.28. The van der Waals surface area contributed by atoms with E-state index in [1.165, 1.54) is 0 Å². The molecule has 0 N–H and O–H groups in total. The van der Waals surface area contributed by atoms with Crippen LogP contribution in [-0.2, 0) is 24.2 Å². The zero-order valence-corrected chi connectivity index (χ0v) is 16.7. The lowest BCUT2D eigenvalue weighted by atomic mass is 10.2. The molecule has 3 rings (SSSR count). The van der Waals surface area contributed by atoms with Gasteiger partial charge in [-0.1, -0.05) is 0 Å². The summed E-state index contributed by atoms with van der Waals surface area (Å²) in [6, 6.07) is 6.57. The summed E-state index contributed by atoms with van der Waals surface area (Å²) >= 11 is 0. The predicted molar refractivity (Wildman–Crippen MR) is 101 cm³/mol. The molecule has 1 atom stereocenters. The van der Waals surface area contributed by atoms with Crippen LogP contribution >= 0.6 is 0 Å². The highest BCUT2D eigenvalue weighted by molar-refractivity contribution is 7.91. The fourth-order valence-electron chi connectivity index (χ4n) is 3.25. The van der Waals surface area contributed by atoms with Gasteiger partial charge in [-0.3, -0.25) is 4.79 Å². The highest BCUT2D eigenvalue weighted by Crippen LogP contribution is 2.32. The number of nitrogens with zero attached hydrogens (tertiary/aromatic N) is 1. The Bertz CT molecular complexity index is 802. The number of esters is 1. The number of hydrogen-bond donors (Lipinski definition) is 0. The van der Waals surface area contributed by atoms with E-state index in [0.29, 0.717) is 24.5 Å². The Morgan fingerprint density at radius 3 is 2.18 bits per heavy atom. The molecule has 0 aromatic heterocycles. The molecule has 2 aliphatic rings. The first-order chi connectivity index (χ1) is 13.4. The smallest absolute Gasteiger partial charge is 0.344 e. The van der Waals surface area contributed by atoms with Gasteiger partial charge in [0.1, 0.15) is 11.5 Å². The fourth-order valence-corrected chi connectivity index (χ4v) is 4.96. The maximum Gasteiger partial charge on any atom is 0.344 e. The van der Waals surface area contributed by atoms with Crippen LogP contribution < -0.4 is 9.47 Å². The van der Waals surface area contributed by atoms with Gasteiger partial charge in [0.25, 0.3) is 5.91 Å². The Morgan fingerprint density at radius 1 is 1.00 bits per heavy atom. The molecule has 154 valence electrons. The van der Waals surface area contributed by atoms with E-state index in [9.17, 15) is 18.0 Å². The van der Waals surface area contributed by atoms with E-state index in [2.05, 4.69) is 0 Å². The fraction of sp³-hybridized carbons (Fsp3) is 0.579. The normalized spacial score (nSPS) is 20.4. The van der Waals surface area contributed by atoms with Crippen LogP contribution in [0, 0.1) is 0 Å². The number of ether oxygens (including phenoxy) is 3. The molecule has 1 heterocycles. The van der Waals surface area contributed by atoms with Crippen molar-refractivity contribution in [1.29, 1.82) is 0 Å². The van der Waals surface area contributed by atoms with E-state index in [1.54, 1.807) is 29.2 Å². The van der Waals surface area contributed by atoms with Crippen LogP contribution in [0.15, 0.2) is 24.3 Å². The Balaban J connectivity index is 1.44. The molecule has 9 heteroatoms. The summed E-state index contributed by atoms with van der Waals surface area (Å²) in [7, 11) is -3.09. The van der Waals surface area contributed by atoms with Gasteiger partial charge in [0.05, 0.1) is 18.1 Å². The van der Waals surface area contributed by atoms with Gasteiger partial charge in [0.15, 0.2) is 23.1 Å². The molecule has 0 bridgehead atoms. The molecule has 1 aromatic rings.